The monoisotopic (exact) mass is 779 g/mol. The van der Waals surface area contributed by atoms with Crippen LogP contribution >= 0.6 is 0 Å². The number of methoxy groups -OCH3 is 1. The molecule has 1 saturated heterocycles. The van der Waals surface area contributed by atoms with Crippen LogP contribution in [0.4, 0.5) is 0 Å². The summed E-state index contributed by atoms with van der Waals surface area (Å²) in [7, 11) is 4.74. The number of aromatic nitrogens is 1. The number of ketones is 1. The fourth-order valence-electron chi connectivity index (χ4n) is 4.07. The zero-order chi connectivity index (χ0) is 27.8. The Morgan fingerprint density at radius 3 is 2.40 bits per heavy atom. The number of carbonyl (C=O) groups is 4. The third kappa shape index (κ3) is 8.80. The molecule has 3 rings (SSSR count). The Kier molecular flexibility index (Phi) is 14.4. The third-order valence-electron chi connectivity index (χ3n) is 6.17. The molecule has 3 unspecified atom stereocenters. The van der Waals surface area contributed by atoms with Crippen molar-refractivity contribution in [2.24, 2.45) is 17.8 Å². The van der Waals surface area contributed by atoms with E-state index < -0.39 is 60.3 Å². The van der Waals surface area contributed by atoms with E-state index in [0.717, 1.165) is 5.56 Å². The summed E-state index contributed by atoms with van der Waals surface area (Å²) in [5, 5.41) is 0. The second-order valence-electron chi connectivity index (χ2n) is 9.28. The van der Waals surface area contributed by atoms with E-state index in [2.05, 4.69) is 12.1 Å². The van der Waals surface area contributed by atoms with Crippen LogP contribution in [-0.2, 0) is 35.0 Å². The van der Waals surface area contributed by atoms with Gasteiger partial charge in [0.25, 0.3) is 0 Å². The van der Waals surface area contributed by atoms with Crippen LogP contribution in [0.2, 0.25) is 0 Å². The first-order valence-electron chi connectivity index (χ1n) is 12.3. The molecule has 1 aliphatic heterocycles. The number of carbonyl (C=O) groups excluding carboxylic acids is 4. The van der Waals surface area contributed by atoms with Gasteiger partial charge < -0.3 is 31.1 Å². The van der Waals surface area contributed by atoms with Gasteiger partial charge in [-0.2, -0.15) is 7.11 Å². The summed E-state index contributed by atoms with van der Waals surface area (Å²) in [5.74, 6) is -4.82. The van der Waals surface area contributed by atoms with E-state index in [-0.39, 0.29) is 68.6 Å². The Morgan fingerprint density at radius 1 is 1.12 bits per heavy atom. The molecular formula is C29H35NO9U. The van der Waals surface area contributed by atoms with E-state index in [0.29, 0.717) is 0 Å². The maximum Gasteiger partial charge on any atom is 2.00 e. The molecule has 0 spiro atoms. The SMILES string of the molecule is [CH2-]Oc1c(OC)ccnc1C(=O)CC1COC(=O)C(Cc2ccccc2)C(OC(=O)C(C)C)[C@H](C)OC1=O.[CH3-].[U+2]. The standard InChI is InChI=1S/C28H32NO9.CH3.U/c1-16(2)26(31)38-24-17(3)37-27(32)19(14-21(30)23-25(35-5)22(34-4)11-12-29-23)15-36-28(33)20(24)13-18-9-7-6-8-10-18;;/h6-12,16-17,19-20,24H,5,13-15H2,1-4H3;1H3;/q2*-1;+2/t17-,19?,20?,24?;;/m0../s1. The molecule has 214 valence electrons. The molecule has 0 aliphatic carbocycles. The zero-order valence-electron chi connectivity index (χ0n) is 23.4. The molecule has 0 saturated carbocycles. The van der Waals surface area contributed by atoms with Gasteiger partial charge in [0.15, 0.2) is 23.4 Å². The molecular weight excluding hydrogens is 744 g/mol. The quantitative estimate of drug-likeness (QED) is 0.161. The first kappa shape index (κ1) is 35.1. The molecule has 1 fully saturated rings. The van der Waals surface area contributed by atoms with Gasteiger partial charge in [0.05, 0.1) is 18.9 Å². The van der Waals surface area contributed by atoms with Crippen LogP contribution in [0.1, 0.15) is 43.2 Å². The maximum absolute atomic E-state index is 13.3. The smallest absolute Gasteiger partial charge is 0.661 e. The molecule has 0 amide bonds. The minimum atomic E-state index is -1.13. The Bertz CT molecular complexity index is 1160. The van der Waals surface area contributed by atoms with E-state index in [1.807, 2.05) is 30.3 Å². The van der Waals surface area contributed by atoms with Crippen molar-refractivity contribution < 1.29 is 74.0 Å². The van der Waals surface area contributed by atoms with Crippen LogP contribution in [0.3, 0.4) is 0 Å². The number of nitrogens with zero attached hydrogens (tertiary/aromatic N) is 1. The van der Waals surface area contributed by atoms with E-state index in [1.54, 1.807) is 20.8 Å². The molecule has 1 aliphatic rings. The van der Waals surface area contributed by atoms with Crippen LogP contribution in [0.5, 0.6) is 11.5 Å². The number of Topliss-reactive ketones (excluding diaryl/α,β-unsaturated/α-hetero) is 1. The average Bonchev–Trinajstić information content (AvgIpc) is 2.94. The van der Waals surface area contributed by atoms with Gasteiger partial charge in [0, 0.05) is 18.7 Å². The van der Waals surface area contributed by atoms with Gasteiger partial charge in [-0.05, 0) is 18.9 Å². The summed E-state index contributed by atoms with van der Waals surface area (Å²) >= 11 is 0. The van der Waals surface area contributed by atoms with Gasteiger partial charge in [-0.3, -0.25) is 19.2 Å². The molecule has 10 nitrogen and oxygen atoms in total. The maximum atomic E-state index is 13.3. The minimum Gasteiger partial charge on any atom is -0.661 e. The second kappa shape index (κ2) is 16.4. The van der Waals surface area contributed by atoms with Crippen LogP contribution in [-0.4, -0.2) is 54.6 Å². The van der Waals surface area contributed by atoms with Crippen molar-refractivity contribution >= 4 is 23.7 Å². The van der Waals surface area contributed by atoms with E-state index in [4.69, 9.17) is 23.7 Å². The largest absolute Gasteiger partial charge is 2.00 e. The average molecular weight is 780 g/mol. The Balaban J connectivity index is 0.00000400. The summed E-state index contributed by atoms with van der Waals surface area (Å²) < 4.78 is 27.0. The van der Waals surface area contributed by atoms with Crippen LogP contribution < -0.4 is 9.47 Å². The molecule has 2 aromatic rings. The molecule has 1 aromatic carbocycles. The van der Waals surface area contributed by atoms with Gasteiger partial charge >= 0.3 is 49.0 Å². The molecule has 1 aromatic heterocycles. The van der Waals surface area contributed by atoms with Crippen molar-refractivity contribution in [3.63, 3.8) is 0 Å². The number of cyclic esters (lactones) is 2. The van der Waals surface area contributed by atoms with Crippen molar-refractivity contribution in [2.75, 3.05) is 13.7 Å². The number of rotatable bonds is 9. The van der Waals surface area contributed by atoms with Crippen LogP contribution in [0, 0.1) is 63.4 Å². The van der Waals surface area contributed by atoms with Gasteiger partial charge in [0.1, 0.15) is 24.3 Å². The van der Waals surface area contributed by atoms with Crippen molar-refractivity contribution in [1.82, 2.24) is 4.98 Å². The summed E-state index contributed by atoms with van der Waals surface area (Å²) in [6, 6.07) is 10.7. The first-order valence-corrected chi connectivity index (χ1v) is 12.3. The van der Waals surface area contributed by atoms with Crippen molar-refractivity contribution in [3.8, 4) is 11.5 Å². The van der Waals surface area contributed by atoms with Gasteiger partial charge in [-0.25, -0.2) is 4.98 Å². The Hall–Kier alpha value is -2.90. The van der Waals surface area contributed by atoms with Crippen LogP contribution in [0.15, 0.2) is 42.6 Å². The fourth-order valence-corrected chi connectivity index (χ4v) is 4.07. The summed E-state index contributed by atoms with van der Waals surface area (Å²) in [6.45, 7) is 4.47. The van der Waals surface area contributed by atoms with Crippen molar-refractivity contribution in [1.29, 1.82) is 0 Å². The summed E-state index contributed by atoms with van der Waals surface area (Å²) in [4.78, 5) is 56.1. The van der Waals surface area contributed by atoms with E-state index in [9.17, 15) is 19.2 Å². The van der Waals surface area contributed by atoms with Crippen LogP contribution in [0.25, 0.3) is 0 Å². The predicted molar refractivity (Wildman–Crippen MR) is 140 cm³/mol. The van der Waals surface area contributed by atoms with Gasteiger partial charge in [-0.1, -0.05) is 44.2 Å². The van der Waals surface area contributed by atoms with E-state index in [1.165, 1.54) is 19.4 Å². The first-order chi connectivity index (χ1) is 18.2. The third-order valence-corrected chi connectivity index (χ3v) is 6.17. The van der Waals surface area contributed by atoms with Gasteiger partial charge in [0.2, 0.25) is 0 Å². The normalized spacial score (nSPS) is 20.8. The number of ether oxygens (including phenoxy) is 5. The second-order valence-corrected chi connectivity index (χ2v) is 9.28. The number of benzene rings is 1. The summed E-state index contributed by atoms with van der Waals surface area (Å²) in [5.41, 5.74) is 0.728. The molecule has 0 bridgehead atoms. The number of hydrogen-bond donors (Lipinski definition) is 0. The Morgan fingerprint density at radius 2 is 1.80 bits per heavy atom. The summed E-state index contributed by atoms with van der Waals surface area (Å²) in [6.07, 6.45) is -0.910. The Labute approximate surface area is 258 Å². The number of esters is 3. The van der Waals surface area contributed by atoms with Crippen molar-refractivity contribution in [3.05, 3.63) is 68.4 Å². The minimum absolute atomic E-state index is 0. The molecule has 40 heavy (non-hydrogen) atoms. The predicted octanol–water partition coefficient (Wildman–Crippen LogP) is 3.82. The fraction of sp³-hybridized carbons (Fsp3) is 0.414. The number of pyridine rings is 1. The van der Waals surface area contributed by atoms with E-state index >= 15 is 0 Å². The van der Waals surface area contributed by atoms with Crippen molar-refractivity contribution in [2.45, 2.75) is 45.8 Å². The molecule has 11 heteroatoms. The zero-order valence-corrected chi connectivity index (χ0v) is 27.5. The molecule has 4 atom stereocenters. The molecule has 0 N–H and O–H groups in total. The van der Waals surface area contributed by atoms with Gasteiger partial charge in [-0.15, -0.1) is 0 Å². The molecule has 0 radical (unpaired) electrons. The topological polar surface area (TPSA) is 127 Å². The molecule has 2 heterocycles. The number of hydrogen-bond acceptors (Lipinski definition) is 10.